The van der Waals surface area contributed by atoms with Crippen LogP contribution in [0.1, 0.15) is 13.8 Å². The summed E-state index contributed by atoms with van der Waals surface area (Å²) in [6, 6.07) is 0.567. The van der Waals surface area contributed by atoms with Gasteiger partial charge in [0.25, 0.3) is 0 Å². The SMILES string of the molecule is CC(C=O)CN1CCNC(C)C1. The molecule has 1 aliphatic heterocycles. The van der Waals surface area contributed by atoms with Crippen LogP contribution in [0.25, 0.3) is 0 Å². The summed E-state index contributed by atoms with van der Waals surface area (Å²) < 4.78 is 0. The van der Waals surface area contributed by atoms with Crippen molar-refractivity contribution in [3.63, 3.8) is 0 Å². The van der Waals surface area contributed by atoms with E-state index in [0.717, 1.165) is 32.5 Å². The highest BCUT2D eigenvalue weighted by molar-refractivity contribution is 5.53. The van der Waals surface area contributed by atoms with E-state index in [4.69, 9.17) is 0 Å². The number of nitrogens with one attached hydrogen (secondary N) is 1. The van der Waals surface area contributed by atoms with E-state index in [1.54, 1.807) is 0 Å². The first-order valence-corrected chi connectivity index (χ1v) is 4.63. The quantitative estimate of drug-likeness (QED) is 0.610. The Hall–Kier alpha value is -0.410. The van der Waals surface area contributed by atoms with Crippen LogP contribution in [-0.4, -0.2) is 43.4 Å². The van der Waals surface area contributed by atoms with Gasteiger partial charge in [-0.1, -0.05) is 6.92 Å². The molecule has 1 heterocycles. The molecule has 2 atom stereocenters. The van der Waals surface area contributed by atoms with Gasteiger partial charge < -0.3 is 10.1 Å². The van der Waals surface area contributed by atoms with Crippen LogP contribution in [-0.2, 0) is 4.79 Å². The van der Waals surface area contributed by atoms with Crippen LogP contribution in [0.5, 0.6) is 0 Å². The van der Waals surface area contributed by atoms with Gasteiger partial charge in [0.1, 0.15) is 6.29 Å². The molecule has 0 amide bonds. The van der Waals surface area contributed by atoms with Crippen molar-refractivity contribution in [2.45, 2.75) is 19.9 Å². The molecule has 1 rings (SSSR count). The molecule has 1 N–H and O–H groups in total. The summed E-state index contributed by atoms with van der Waals surface area (Å²) in [5.74, 6) is 0.176. The highest BCUT2D eigenvalue weighted by Crippen LogP contribution is 2.01. The first-order valence-electron chi connectivity index (χ1n) is 4.63. The molecule has 0 radical (unpaired) electrons. The molecule has 3 nitrogen and oxygen atoms in total. The van der Waals surface area contributed by atoms with Gasteiger partial charge in [-0.25, -0.2) is 0 Å². The Labute approximate surface area is 74.1 Å². The lowest BCUT2D eigenvalue weighted by atomic mass is 10.1. The maximum atomic E-state index is 10.4. The number of nitrogens with zero attached hydrogens (tertiary/aromatic N) is 1. The third-order valence-electron chi connectivity index (χ3n) is 2.23. The van der Waals surface area contributed by atoms with Gasteiger partial charge >= 0.3 is 0 Å². The van der Waals surface area contributed by atoms with E-state index in [0.29, 0.717) is 6.04 Å². The van der Waals surface area contributed by atoms with E-state index in [1.165, 1.54) is 0 Å². The summed E-state index contributed by atoms with van der Waals surface area (Å²) in [5.41, 5.74) is 0. The van der Waals surface area contributed by atoms with Crippen molar-refractivity contribution in [1.29, 1.82) is 0 Å². The molecule has 0 spiro atoms. The van der Waals surface area contributed by atoms with Crippen LogP contribution >= 0.6 is 0 Å². The fourth-order valence-electron chi connectivity index (χ4n) is 1.63. The molecule has 0 aromatic rings. The lowest BCUT2D eigenvalue weighted by Crippen LogP contribution is -2.50. The number of hydrogen-bond acceptors (Lipinski definition) is 3. The minimum atomic E-state index is 0.176. The van der Waals surface area contributed by atoms with E-state index >= 15 is 0 Å². The maximum Gasteiger partial charge on any atom is 0.124 e. The second-order valence-corrected chi connectivity index (χ2v) is 3.73. The van der Waals surface area contributed by atoms with E-state index in [-0.39, 0.29) is 5.92 Å². The van der Waals surface area contributed by atoms with Crippen molar-refractivity contribution < 1.29 is 4.79 Å². The third kappa shape index (κ3) is 2.91. The topological polar surface area (TPSA) is 32.3 Å². The summed E-state index contributed by atoms with van der Waals surface area (Å²) in [6.45, 7) is 8.25. The Balaban J connectivity index is 2.26. The predicted molar refractivity (Wildman–Crippen MR) is 49.1 cm³/mol. The van der Waals surface area contributed by atoms with Gasteiger partial charge in [-0.15, -0.1) is 0 Å². The lowest BCUT2D eigenvalue weighted by molar-refractivity contribution is -0.111. The summed E-state index contributed by atoms with van der Waals surface area (Å²) in [4.78, 5) is 12.8. The second-order valence-electron chi connectivity index (χ2n) is 3.73. The van der Waals surface area contributed by atoms with Gasteiger partial charge in [0, 0.05) is 38.1 Å². The van der Waals surface area contributed by atoms with Crippen molar-refractivity contribution in [2.75, 3.05) is 26.2 Å². The number of hydrogen-bond donors (Lipinski definition) is 1. The number of rotatable bonds is 3. The summed E-state index contributed by atoms with van der Waals surface area (Å²) in [7, 11) is 0. The van der Waals surface area contributed by atoms with Crippen LogP contribution in [0.4, 0.5) is 0 Å². The average Bonchev–Trinajstić information content (AvgIpc) is 2.04. The third-order valence-corrected chi connectivity index (χ3v) is 2.23. The largest absolute Gasteiger partial charge is 0.312 e. The van der Waals surface area contributed by atoms with E-state index in [2.05, 4.69) is 17.1 Å². The molecular weight excluding hydrogens is 152 g/mol. The van der Waals surface area contributed by atoms with E-state index < -0.39 is 0 Å². The Bertz CT molecular complexity index is 149. The molecule has 70 valence electrons. The van der Waals surface area contributed by atoms with Crippen molar-refractivity contribution in [2.24, 2.45) is 5.92 Å². The normalized spacial score (nSPS) is 28.3. The molecule has 1 fully saturated rings. The minimum Gasteiger partial charge on any atom is -0.312 e. The number of carbonyl (C=O) groups is 1. The zero-order valence-electron chi connectivity index (χ0n) is 7.92. The summed E-state index contributed by atoms with van der Waals surface area (Å²) in [6.07, 6.45) is 1.03. The van der Waals surface area contributed by atoms with Gasteiger partial charge in [0.15, 0.2) is 0 Å². The zero-order valence-corrected chi connectivity index (χ0v) is 7.92. The molecule has 1 aliphatic rings. The number of carbonyl (C=O) groups excluding carboxylic acids is 1. The standard InChI is InChI=1S/C9H18N2O/c1-8(7-12)5-11-4-3-10-9(2)6-11/h7-10H,3-6H2,1-2H3. The van der Waals surface area contributed by atoms with E-state index in [1.807, 2.05) is 6.92 Å². The zero-order chi connectivity index (χ0) is 8.97. The van der Waals surface area contributed by atoms with Gasteiger partial charge in [-0.3, -0.25) is 4.90 Å². The van der Waals surface area contributed by atoms with Crippen molar-refractivity contribution in [1.82, 2.24) is 10.2 Å². The molecular formula is C9H18N2O. The van der Waals surface area contributed by atoms with Crippen LogP contribution in [0, 0.1) is 5.92 Å². The highest BCUT2D eigenvalue weighted by Gasteiger charge is 2.16. The monoisotopic (exact) mass is 170 g/mol. The van der Waals surface area contributed by atoms with Crippen LogP contribution in [0.3, 0.4) is 0 Å². The van der Waals surface area contributed by atoms with Gasteiger partial charge in [0.05, 0.1) is 0 Å². The molecule has 0 aromatic heterocycles. The average molecular weight is 170 g/mol. The first kappa shape index (κ1) is 9.68. The Morgan fingerprint density at radius 2 is 2.50 bits per heavy atom. The fraction of sp³-hybridized carbons (Fsp3) is 0.889. The minimum absolute atomic E-state index is 0.176. The maximum absolute atomic E-state index is 10.4. The first-order chi connectivity index (χ1) is 5.72. The van der Waals surface area contributed by atoms with Gasteiger partial charge in [-0.05, 0) is 6.92 Å². The Morgan fingerprint density at radius 3 is 3.08 bits per heavy atom. The molecule has 1 saturated heterocycles. The Morgan fingerprint density at radius 1 is 1.75 bits per heavy atom. The molecule has 0 aromatic carbocycles. The molecule has 0 saturated carbocycles. The van der Waals surface area contributed by atoms with Gasteiger partial charge in [0.2, 0.25) is 0 Å². The van der Waals surface area contributed by atoms with Gasteiger partial charge in [-0.2, -0.15) is 0 Å². The van der Waals surface area contributed by atoms with Crippen LogP contribution < -0.4 is 5.32 Å². The smallest absolute Gasteiger partial charge is 0.124 e. The molecule has 0 aliphatic carbocycles. The highest BCUT2D eigenvalue weighted by atomic mass is 16.1. The van der Waals surface area contributed by atoms with Crippen molar-refractivity contribution in [3.8, 4) is 0 Å². The van der Waals surface area contributed by atoms with Crippen LogP contribution in [0.15, 0.2) is 0 Å². The second kappa shape index (κ2) is 4.58. The predicted octanol–water partition coefficient (Wildman–Crippen LogP) is 0.115. The van der Waals surface area contributed by atoms with Crippen molar-refractivity contribution >= 4 is 6.29 Å². The number of piperazine rings is 1. The molecule has 3 heteroatoms. The lowest BCUT2D eigenvalue weighted by Gasteiger charge is -2.32. The Kier molecular flexibility index (Phi) is 3.69. The van der Waals surface area contributed by atoms with E-state index in [9.17, 15) is 4.79 Å². The number of aldehydes is 1. The molecule has 0 bridgehead atoms. The van der Waals surface area contributed by atoms with Crippen molar-refractivity contribution in [3.05, 3.63) is 0 Å². The summed E-state index contributed by atoms with van der Waals surface area (Å²) >= 11 is 0. The summed E-state index contributed by atoms with van der Waals surface area (Å²) in [5, 5.41) is 3.37. The molecule has 12 heavy (non-hydrogen) atoms. The molecule has 2 unspecified atom stereocenters. The fourth-order valence-corrected chi connectivity index (χ4v) is 1.63. The van der Waals surface area contributed by atoms with Crippen LogP contribution in [0.2, 0.25) is 0 Å².